The monoisotopic (exact) mass is 579 g/mol. The number of rotatable bonds is 4. The average molecular weight is 580 g/mol. The Morgan fingerprint density at radius 2 is 1.95 bits per heavy atom. The summed E-state index contributed by atoms with van der Waals surface area (Å²) in [5.74, 6) is -1.76. The molecule has 2 N–H and O–H groups in total. The van der Waals surface area contributed by atoms with Gasteiger partial charge in [0.15, 0.2) is 15.5 Å². The minimum atomic E-state index is -3.23. The minimum Gasteiger partial charge on any atom is -0.348 e. The lowest BCUT2D eigenvalue weighted by Gasteiger charge is -2.36. The molecule has 13 heteroatoms. The molecular formula is C26H31ClFN5O5S. The molecule has 2 aliphatic heterocycles. The quantitative estimate of drug-likeness (QED) is 0.572. The Morgan fingerprint density at radius 1 is 1.21 bits per heavy atom. The van der Waals surface area contributed by atoms with Crippen LogP contribution in [0.1, 0.15) is 60.0 Å². The highest BCUT2D eigenvalue weighted by Gasteiger charge is 2.49. The number of nitrogens with one attached hydrogen (secondary N) is 2. The van der Waals surface area contributed by atoms with Gasteiger partial charge in [0.1, 0.15) is 11.5 Å². The number of benzene rings is 1. The Labute approximate surface area is 231 Å². The maximum absolute atomic E-state index is 13.5. The Hall–Kier alpha value is -2.99. The van der Waals surface area contributed by atoms with Crippen molar-refractivity contribution in [2.24, 2.45) is 11.3 Å². The Morgan fingerprint density at radius 3 is 2.67 bits per heavy atom. The number of aromatic nitrogens is 2. The van der Waals surface area contributed by atoms with Crippen molar-refractivity contribution in [2.75, 3.05) is 36.0 Å². The zero-order valence-electron chi connectivity index (χ0n) is 21.6. The van der Waals surface area contributed by atoms with E-state index in [1.165, 1.54) is 29.4 Å². The van der Waals surface area contributed by atoms with Gasteiger partial charge in [0.2, 0.25) is 5.91 Å². The topological polar surface area (TPSA) is 133 Å². The molecule has 3 amide bonds. The molecule has 3 fully saturated rings. The van der Waals surface area contributed by atoms with Gasteiger partial charge in [-0.1, -0.05) is 18.5 Å². The predicted octanol–water partition coefficient (Wildman–Crippen LogP) is 2.80. The highest BCUT2D eigenvalue weighted by molar-refractivity contribution is 7.91. The first-order valence-electron chi connectivity index (χ1n) is 13.1. The molecule has 10 nitrogen and oxygen atoms in total. The number of sulfone groups is 1. The summed E-state index contributed by atoms with van der Waals surface area (Å²) in [5.41, 5.74) is -0.0448. The van der Waals surface area contributed by atoms with Crippen LogP contribution in [0.25, 0.3) is 0 Å². The molecule has 5 rings (SSSR count). The number of nitrogens with zero attached hydrogens (tertiary/aromatic N) is 3. The molecule has 1 aromatic heterocycles. The van der Waals surface area contributed by atoms with Crippen LogP contribution in [0.4, 0.5) is 10.1 Å². The number of imidazole rings is 1. The lowest BCUT2D eigenvalue weighted by molar-refractivity contribution is -0.127. The molecule has 2 saturated heterocycles. The standard InChI is InChI=1S/C26H31ClFN5O5S/c1-16-13-32(10-11-39(37,38)14-16)24(35)22-21(29-15-30-22)23(34)31-18-4-6-26(7-5-18)8-9-33(25(26)36)20-3-2-17(28)12-19(20)27/h2-3,12,15-16,18H,4-11,13-14H2,1H3,(H,29,30)(H,31,34). The summed E-state index contributed by atoms with van der Waals surface area (Å²) in [5, 5.41) is 3.15. The molecule has 1 aliphatic carbocycles. The maximum Gasteiger partial charge on any atom is 0.272 e. The summed E-state index contributed by atoms with van der Waals surface area (Å²) in [6.07, 6.45) is 4.26. The highest BCUT2D eigenvalue weighted by Crippen LogP contribution is 2.47. The normalized spacial score (nSPS) is 27.0. The fourth-order valence-corrected chi connectivity index (χ4v) is 7.95. The van der Waals surface area contributed by atoms with Crippen molar-refractivity contribution in [3.63, 3.8) is 0 Å². The van der Waals surface area contributed by atoms with Crippen LogP contribution in [-0.2, 0) is 14.6 Å². The number of halogens is 2. The van der Waals surface area contributed by atoms with E-state index in [9.17, 15) is 27.2 Å². The molecule has 1 saturated carbocycles. The molecule has 3 heterocycles. The van der Waals surface area contributed by atoms with Gasteiger partial charge in [-0.25, -0.2) is 17.8 Å². The van der Waals surface area contributed by atoms with Gasteiger partial charge in [-0.2, -0.15) is 0 Å². The number of carbonyl (C=O) groups excluding carboxylic acids is 3. The first kappa shape index (κ1) is 27.6. The van der Waals surface area contributed by atoms with Crippen molar-refractivity contribution in [3.8, 4) is 0 Å². The van der Waals surface area contributed by atoms with Gasteiger partial charge in [0.25, 0.3) is 11.8 Å². The minimum absolute atomic E-state index is 0.0213. The number of carbonyl (C=O) groups is 3. The first-order valence-corrected chi connectivity index (χ1v) is 15.3. The molecule has 1 unspecified atom stereocenters. The van der Waals surface area contributed by atoms with E-state index in [2.05, 4.69) is 15.3 Å². The number of hydrogen-bond acceptors (Lipinski definition) is 6. The smallest absolute Gasteiger partial charge is 0.272 e. The second kappa shape index (κ2) is 10.5. The second-order valence-electron chi connectivity index (χ2n) is 10.9. The van der Waals surface area contributed by atoms with E-state index in [0.717, 1.165) is 0 Å². The summed E-state index contributed by atoms with van der Waals surface area (Å²) in [6, 6.07) is 3.82. The second-order valence-corrected chi connectivity index (χ2v) is 13.6. The number of anilines is 1. The van der Waals surface area contributed by atoms with Crippen LogP contribution in [0, 0.1) is 17.2 Å². The van der Waals surface area contributed by atoms with Crippen molar-refractivity contribution in [3.05, 3.63) is 46.8 Å². The summed E-state index contributed by atoms with van der Waals surface area (Å²) < 4.78 is 37.7. The fraction of sp³-hybridized carbons (Fsp3) is 0.538. The average Bonchev–Trinajstić information content (AvgIpc) is 3.45. The van der Waals surface area contributed by atoms with Gasteiger partial charge in [0, 0.05) is 25.7 Å². The van der Waals surface area contributed by atoms with Gasteiger partial charge in [0.05, 0.1) is 34.0 Å². The number of H-pyrrole nitrogens is 1. The summed E-state index contributed by atoms with van der Waals surface area (Å²) in [6.45, 7) is 2.61. The van der Waals surface area contributed by atoms with Crippen molar-refractivity contribution in [1.29, 1.82) is 0 Å². The van der Waals surface area contributed by atoms with Crippen LogP contribution in [0.5, 0.6) is 0 Å². The lowest BCUT2D eigenvalue weighted by atomic mass is 9.71. The van der Waals surface area contributed by atoms with Crippen LogP contribution in [0.3, 0.4) is 0 Å². The first-order chi connectivity index (χ1) is 18.5. The van der Waals surface area contributed by atoms with Crippen LogP contribution in [0.15, 0.2) is 24.5 Å². The van der Waals surface area contributed by atoms with Crippen LogP contribution in [-0.4, -0.2) is 78.2 Å². The van der Waals surface area contributed by atoms with E-state index in [1.807, 2.05) is 0 Å². The van der Waals surface area contributed by atoms with Crippen molar-refractivity contribution < 1.29 is 27.2 Å². The molecule has 1 atom stereocenters. The van der Waals surface area contributed by atoms with Crippen LogP contribution >= 0.6 is 11.6 Å². The van der Waals surface area contributed by atoms with Gasteiger partial charge in [-0.05, 0) is 56.2 Å². The van der Waals surface area contributed by atoms with Crippen LogP contribution < -0.4 is 10.2 Å². The van der Waals surface area contributed by atoms with E-state index in [0.29, 0.717) is 44.3 Å². The Kier molecular flexibility index (Phi) is 7.45. The number of hydrogen-bond donors (Lipinski definition) is 2. The summed E-state index contributed by atoms with van der Waals surface area (Å²) in [4.78, 5) is 49.6. The third-order valence-electron chi connectivity index (χ3n) is 8.09. The van der Waals surface area contributed by atoms with E-state index >= 15 is 0 Å². The molecular weight excluding hydrogens is 549 g/mol. The number of amides is 3. The SMILES string of the molecule is CC1CN(C(=O)c2[nH]cnc2C(=O)NC2CCC3(CC2)CCN(c2ccc(F)cc2Cl)C3=O)CCS(=O)(=O)C1. The molecule has 210 valence electrons. The number of aromatic amines is 1. The Bertz CT molecular complexity index is 1410. The van der Waals surface area contributed by atoms with E-state index in [-0.39, 0.29) is 58.9 Å². The zero-order chi connectivity index (χ0) is 27.9. The molecule has 2 aromatic rings. The lowest BCUT2D eigenvalue weighted by Crippen LogP contribution is -2.44. The molecule has 0 bridgehead atoms. The molecule has 1 aromatic carbocycles. The van der Waals surface area contributed by atoms with Crippen LogP contribution in [0.2, 0.25) is 5.02 Å². The zero-order valence-corrected chi connectivity index (χ0v) is 23.2. The predicted molar refractivity (Wildman–Crippen MR) is 143 cm³/mol. The largest absolute Gasteiger partial charge is 0.348 e. The summed E-state index contributed by atoms with van der Waals surface area (Å²) in [7, 11) is -3.23. The van der Waals surface area contributed by atoms with Gasteiger partial charge >= 0.3 is 0 Å². The molecule has 1 spiro atoms. The molecule has 0 radical (unpaired) electrons. The van der Waals surface area contributed by atoms with Gasteiger partial charge < -0.3 is 20.1 Å². The van der Waals surface area contributed by atoms with E-state index in [1.54, 1.807) is 11.8 Å². The molecule has 3 aliphatic rings. The fourth-order valence-electron chi connectivity index (χ4n) is 6.04. The third-order valence-corrected chi connectivity index (χ3v) is 10.3. The van der Waals surface area contributed by atoms with Gasteiger partial charge in [-0.15, -0.1) is 0 Å². The van der Waals surface area contributed by atoms with Crippen molar-refractivity contribution >= 4 is 44.8 Å². The van der Waals surface area contributed by atoms with Crippen molar-refractivity contribution in [2.45, 2.75) is 45.1 Å². The van der Waals surface area contributed by atoms with Gasteiger partial charge in [-0.3, -0.25) is 14.4 Å². The summed E-state index contributed by atoms with van der Waals surface area (Å²) >= 11 is 6.20. The van der Waals surface area contributed by atoms with E-state index < -0.39 is 32.9 Å². The highest BCUT2D eigenvalue weighted by atomic mass is 35.5. The molecule has 39 heavy (non-hydrogen) atoms. The third kappa shape index (κ3) is 5.54. The Balaban J connectivity index is 1.21. The maximum atomic E-state index is 13.5. The van der Waals surface area contributed by atoms with E-state index in [4.69, 9.17) is 11.6 Å². The van der Waals surface area contributed by atoms with Crippen molar-refractivity contribution in [1.82, 2.24) is 20.2 Å².